The van der Waals surface area contributed by atoms with Crippen molar-refractivity contribution in [2.24, 2.45) is 0 Å². The highest BCUT2D eigenvalue weighted by atomic mass is 19.1. The molecule has 1 saturated heterocycles. The van der Waals surface area contributed by atoms with Gasteiger partial charge in [-0.25, -0.2) is 9.29 Å². The van der Waals surface area contributed by atoms with Crippen molar-refractivity contribution >= 4 is 23.4 Å². The third-order valence-electron chi connectivity index (χ3n) is 6.58. The first kappa shape index (κ1) is 22.2. The number of carbonyl (C=O) groups is 3. The van der Waals surface area contributed by atoms with Gasteiger partial charge < -0.3 is 4.90 Å². The molecule has 4 rings (SSSR count). The Bertz CT molecular complexity index is 1010. The van der Waals surface area contributed by atoms with Gasteiger partial charge >= 0.3 is 0 Å². The first-order chi connectivity index (χ1) is 15.4. The predicted molar refractivity (Wildman–Crippen MR) is 121 cm³/mol. The number of imide groups is 1. The highest BCUT2D eigenvalue weighted by molar-refractivity contribution is 6.23. The van der Waals surface area contributed by atoms with Crippen LogP contribution in [0.1, 0.15) is 74.2 Å². The SMILES string of the molecule is CC(C)c1ccc(N2C(=O)CC(N(C(=O)c3ccccc3F)C3CCCCC3)C2=O)cc1. The fourth-order valence-electron chi connectivity index (χ4n) is 4.81. The van der Waals surface area contributed by atoms with E-state index in [1.165, 1.54) is 28.0 Å². The Morgan fingerprint density at radius 3 is 2.28 bits per heavy atom. The van der Waals surface area contributed by atoms with Crippen LogP contribution in [0.2, 0.25) is 0 Å². The number of amides is 3. The van der Waals surface area contributed by atoms with E-state index in [2.05, 4.69) is 13.8 Å². The summed E-state index contributed by atoms with van der Waals surface area (Å²) in [5, 5.41) is 0. The van der Waals surface area contributed by atoms with Gasteiger partial charge in [-0.1, -0.05) is 57.4 Å². The van der Waals surface area contributed by atoms with Crippen molar-refractivity contribution < 1.29 is 18.8 Å². The third-order valence-corrected chi connectivity index (χ3v) is 6.58. The normalized spacial score (nSPS) is 19.6. The average Bonchev–Trinajstić information content (AvgIpc) is 3.08. The van der Waals surface area contributed by atoms with Crippen molar-refractivity contribution in [1.29, 1.82) is 0 Å². The van der Waals surface area contributed by atoms with Crippen LogP contribution in [-0.4, -0.2) is 34.7 Å². The van der Waals surface area contributed by atoms with Gasteiger partial charge in [-0.3, -0.25) is 14.4 Å². The number of anilines is 1. The standard InChI is InChI=1S/C26H29FN2O3/c1-17(2)18-12-14-20(15-13-18)29-24(30)16-23(26(29)32)28(19-8-4-3-5-9-19)25(31)21-10-6-7-11-22(21)27/h6-7,10-15,17,19,23H,3-5,8-9,16H2,1-2H3. The van der Waals surface area contributed by atoms with E-state index in [4.69, 9.17) is 0 Å². The lowest BCUT2D eigenvalue weighted by Crippen LogP contribution is -2.51. The Labute approximate surface area is 188 Å². The maximum Gasteiger partial charge on any atom is 0.257 e. The molecule has 1 aliphatic heterocycles. The van der Waals surface area contributed by atoms with E-state index < -0.39 is 23.7 Å². The van der Waals surface area contributed by atoms with E-state index in [0.29, 0.717) is 11.6 Å². The van der Waals surface area contributed by atoms with Gasteiger partial charge in [0.15, 0.2) is 0 Å². The van der Waals surface area contributed by atoms with Gasteiger partial charge in [0.1, 0.15) is 11.9 Å². The molecule has 0 N–H and O–H groups in total. The molecule has 3 amide bonds. The minimum Gasteiger partial charge on any atom is -0.323 e. The highest BCUT2D eigenvalue weighted by Gasteiger charge is 2.47. The fourth-order valence-corrected chi connectivity index (χ4v) is 4.81. The van der Waals surface area contributed by atoms with Crippen LogP contribution in [-0.2, 0) is 9.59 Å². The van der Waals surface area contributed by atoms with Gasteiger partial charge in [0, 0.05) is 6.04 Å². The Hall–Kier alpha value is -3.02. The zero-order valence-corrected chi connectivity index (χ0v) is 18.6. The molecule has 0 radical (unpaired) electrons. The summed E-state index contributed by atoms with van der Waals surface area (Å²) in [6, 6.07) is 12.1. The van der Waals surface area contributed by atoms with Crippen molar-refractivity contribution in [3.8, 4) is 0 Å². The molecule has 5 nitrogen and oxygen atoms in total. The molecule has 6 heteroatoms. The number of benzene rings is 2. The zero-order chi connectivity index (χ0) is 22.8. The van der Waals surface area contributed by atoms with Gasteiger partial charge in [-0.15, -0.1) is 0 Å². The molecule has 2 aromatic rings. The van der Waals surface area contributed by atoms with Gasteiger partial charge in [0.25, 0.3) is 11.8 Å². The third kappa shape index (κ3) is 4.18. The number of halogens is 1. The summed E-state index contributed by atoms with van der Waals surface area (Å²) in [4.78, 5) is 42.5. The smallest absolute Gasteiger partial charge is 0.257 e. The first-order valence-corrected chi connectivity index (χ1v) is 11.4. The summed E-state index contributed by atoms with van der Waals surface area (Å²) < 4.78 is 14.5. The lowest BCUT2D eigenvalue weighted by Gasteiger charge is -2.37. The van der Waals surface area contributed by atoms with Crippen molar-refractivity contribution in [2.45, 2.75) is 70.4 Å². The van der Waals surface area contributed by atoms with Crippen LogP contribution in [0, 0.1) is 5.82 Å². The molecule has 2 aliphatic rings. The molecule has 1 aliphatic carbocycles. The Kier molecular flexibility index (Phi) is 6.40. The maximum atomic E-state index is 14.5. The number of hydrogen-bond donors (Lipinski definition) is 0. The van der Waals surface area contributed by atoms with E-state index in [1.807, 2.05) is 12.1 Å². The van der Waals surface area contributed by atoms with Crippen LogP contribution in [0.5, 0.6) is 0 Å². The minimum absolute atomic E-state index is 0.0574. The van der Waals surface area contributed by atoms with Crippen LogP contribution < -0.4 is 4.90 Å². The summed E-state index contributed by atoms with van der Waals surface area (Å²) in [6.07, 6.45) is 4.38. The summed E-state index contributed by atoms with van der Waals surface area (Å²) in [5.41, 5.74) is 1.56. The average molecular weight is 437 g/mol. The Morgan fingerprint density at radius 2 is 1.66 bits per heavy atom. The Balaban J connectivity index is 1.67. The molecule has 1 heterocycles. The lowest BCUT2D eigenvalue weighted by atomic mass is 9.92. The largest absolute Gasteiger partial charge is 0.323 e. The first-order valence-electron chi connectivity index (χ1n) is 11.4. The summed E-state index contributed by atoms with van der Waals surface area (Å²) in [5.74, 6) is -1.54. The van der Waals surface area contributed by atoms with Gasteiger partial charge in [-0.05, 0) is 48.6 Å². The van der Waals surface area contributed by atoms with Gasteiger partial charge in [-0.2, -0.15) is 0 Å². The number of rotatable bonds is 5. The lowest BCUT2D eigenvalue weighted by molar-refractivity contribution is -0.123. The monoisotopic (exact) mass is 436 g/mol. The van der Waals surface area contributed by atoms with Crippen molar-refractivity contribution in [1.82, 2.24) is 4.90 Å². The molecule has 0 spiro atoms. The van der Waals surface area contributed by atoms with Gasteiger partial charge in [0.05, 0.1) is 17.7 Å². The quantitative estimate of drug-likeness (QED) is 0.616. The summed E-state index contributed by atoms with van der Waals surface area (Å²) in [6.45, 7) is 4.15. The van der Waals surface area contributed by atoms with E-state index >= 15 is 0 Å². The second-order valence-electron chi connectivity index (χ2n) is 9.02. The molecule has 32 heavy (non-hydrogen) atoms. The van der Waals surface area contributed by atoms with Crippen molar-refractivity contribution in [3.05, 3.63) is 65.5 Å². The van der Waals surface area contributed by atoms with Crippen LogP contribution in [0.4, 0.5) is 10.1 Å². The van der Waals surface area contributed by atoms with Crippen LogP contribution >= 0.6 is 0 Å². The molecular weight excluding hydrogens is 407 g/mol. The van der Waals surface area contributed by atoms with E-state index in [-0.39, 0.29) is 23.9 Å². The van der Waals surface area contributed by atoms with E-state index in [0.717, 1.165) is 37.7 Å². The second-order valence-corrected chi connectivity index (χ2v) is 9.02. The number of carbonyl (C=O) groups excluding carboxylic acids is 3. The fraction of sp³-hybridized carbons (Fsp3) is 0.423. The summed E-state index contributed by atoms with van der Waals surface area (Å²) in [7, 11) is 0. The molecule has 2 fully saturated rings. The molecule has 0 bridgehead atoms. The molecule has 1 saturated carbocycles. The van der Waals surface area contributed by atoms with Crippen LogP contribution in [0.3, 0.4) is 0 Å². The van der Waals surface area contributed by atoms with Crippen molar-refractivity contribution in [3.63, 3.8) is 0 Å². The van der Waals surface area contributed by atoms with Gasteiger partial charge in [0.2, 0.25) is 5.91 Å². The number of nitrogens with zero attached hydrogens (tertiary/aromatic N) is 2. The minimum atomic E-state index is -0.914. The number of hydrogen-bond acceptors (Lipinski definition) is 3. The molecule has 1 atom stereocenters. The van der Waals surface area contributed by atoms with Crippen LogP contribution in [0.25, 0.3) is 0 Å². The topological polar surface area (TPSA) is 57.7 Å². The van der Waals surface area contributed by atoms with Crippen LogP contribution in [0.15, 0.2) is 48.5 Å². The maximum absolute atomic E-state index is 14.5. The zero-order valence-electron chi connectivity index (χ0n) is 18.6. The molecule has 0 aromatic heterocycles. The highest BCUT2D eigenvalue weighted by Crippen LogP contribution is 2.33. The molecular formula is C26H29FN2O3. The molecule has 1 unspecified atom stereocenters. The predicted octanol–water partition coefficient (Wildman–Crippen LogP) is 5.06. The molecule has 168 valence electrons. The molecule has 2 aromatic carbocycles. The van der Waals surface area contributed by atoms with E-state index in [9.17, 15) is 18.8 Å². The summed E-state index contributed by atoms with van der Waals surface area (Å²) >= 11 is 0. The van der Waals surface area contributed by atoms with Crippen molar-refractivity contribution in [2.75, 3.05) is 4.90 Å². The Morgan fingerprint density at radius 1 is 1.00 bits per heavy atom. The van der Waals surface area contributed by atoms with E-state index in [1.54, 1.807) is 18.2 Å². The second kappa shape index (κ2) is 9.23.